The predicted molar refractivity (Wildman–Crippen MR) is 125 cm³/mol. The second-order valence-corrected chi connectivity index (χ2v) is 8.05. The Labute approximate surface area is 195 Å². The second kappa shape index (κ2) is 10.3. The number of carbonyl (C=O) groups is 1. The van der Waals surface area contributed by atoms with E-state index in [-0.39, 0.29) is 23.1 Å². The van der Waals surface area contributed by atoms with Crippen LogP contribution in [0.25, 0.3) is 5.70 Å². The first-order valence-electron chi connectivity index (χ1n) is 9.79. The van der Waals surface area contributed by atoms with E-state index in [2.05, 4.69) is 11.2 Å². The molecule has 0 spiro atoms. The van der Waals surface area contributed by atoms with Crippen molar-refractivity contribution in [2.45, 2.75) is 18.9 Å². The Morgan fingerprint density at radius 1 is 1.16 bits per heavy atom. The number of hydrogen-bond acceptors (Lipinski definition) is 6. The molecule has 10 heteroatoms. The van der Waals surface area contributed by atoms with Crippen molar-refractivity contribution in [1.82, 2.24) is 4.90 Å². The smallest absolute Gasteiger partial charge is 0.254 e. The van der Waals surface area contributed by atoms with Gasteiger partial charge in [-0.3, -0.25) is 9.79 Å². The highest BCUT2D eigenvalue weighted by Crippen LogP contribution is 2.32. The highest BCUT2D eigenvalue weighted by molar-refractivity contribution is 6.34. The molecule has 1 heterocycles. The fourth-order valence-corrected chi connectivity index (χ4v) is 3.66. The molecule has 3 rings (SSSR count). The van der Waals surface area contributed by atoms with Gasteiger partial charge < -0.3 is 26.8 Å². The van der Waals surface area contributed by atoms with Crippen molar-refractivity contribution >= 4 is 40.6 Å². The number of amidine groups is 1. The molecule has 1 unspecified atom stereocenters. The lowest BCUT2D eigenvalue weighted by atomic mass is 10.0. The van der Waals surface area contributed by atoms with Crippen LogP contribution in [0.2, 0.25) is 10.0 Å². The highest BCUT2D eigenvalue weighted by Gasteiger charge is 2.22. The Balaban J connectivity index is 1.84. The predicted octanol–water partition coefficient (Wildman–Crippen LogP) is 3.24. The summed E-state index contributed by atoms with van der Waals surface area (Å²) in [6.45, 7) is 1.11. The molecule has 2 aromatic rings. The molecule has 1 amide bonds. The van der Waals surface area contributed by atoms with E-state index in [1.807, 2.05) is 0 Å². The van der Waals surface area contributed by atoms with E-state index in [4.69, 9.17) is 50.4 Å². The van der Waals surface area contributed by atoms with Gasteiger partial charge in [0.05, 0.1) is 23.3 Å². The molecule has 1 aliphatic heterocycles. The van der Waals surface area contributed by atoms with Gasteiger partial charge in [0.25, 0.3) is 5.91 Å². The summed E-state index contributed by atoms with van der Waals surface area (Å²) in [7, 11) is 0. The summed E-state index contributed by atoms with van der Waals surface area (Å²) in [5.41, 5.74) is 18.4. The second-order valence-electron chi connectivity index (χ2n) is 7.21. The Bertz CT molecular complexity index is 1110. The molecule has 166 valence electrons. The van der Waals surface area contributed by atoms with Gasteiger partial charge in [-0.1, -0.05) is 23.2 Å². The normalized spacial score (nSPS) is 17.3. The van der Waals surface area contributed by atoms with Gasteiger partial charge >= 0.3 is 0 Å². The Hall–Kier alpha value is -3.41. The van der Waals surface area contributed by atoms with Crippen LogP contribution in [-0.4, -0.2) is 35.8 Å². The maximum Gasteiger partial charge on any atom is 0.254 e. The lowest BCUT2D eigenvalue weighted by molar-refractivity contribution is -0.114. The first-order chi connectivity index (χ1) is 15.3. The SMILES string of the molecule is N#CN1CCCC(N=C(N)C(C(N)=O)=C(N)c2ccc(Oc3cc(Cl)ccc3Cl)cc2)C1. The molecule has 32 heavy (non-hydrogen) atoms. The number of amides is 1. The topological polar surface area (TPSA) is 144 Å². The van der Waals surface area contributed by atoms with Crippen molar-refractivity contribution in [3.05, 3.63) is 63.6 Å². The number of likely N-dealkylation sites (tertiary alicyclic amines) is 1. The van der Waals surface area contributed by atoms with Crippen LogP contribution in [-0.2, 0) is 4.79 Å². The Kier molecular flexibility index (Phi) is 7.46. The fourth-order valence-electron chi connectivity index (χ4n) is 3.34. The molecule has 1 aliphatic rings. The van der Waals surface area contributed by atoms with E-state index in [0.29, 0.717) is 40.2 Å². The number of aliphatic imine (C=N–C) groups is 1. The van der Waals surface area contributed by atoms with Crippen molar-refractivity contribution in [3.8, 4) is 17.7 Å². The van der Waals surface area contributed by atoms with Gasteiger partial charge in [0.1, 0.15) is 22.9 Å². The van der Waals surface area contributed by atoms with Crippen LogP contribution >= 0.6 is 23.2 Å². The summed E-state index contributed by atoms with van der Waals surface area (Å²) in [5, 5.41) is 9.99. The maximum atomic E-state index is 12.1. The lowest BCUT2D eigenvalue weighted by Crippen LogP contribution is -2.37. The number of nitrogens with two attached hydrogens (primary N) is 3. The molecule has 2 aromatic carbocycles. The van der Waals surface area contributed by atoms with Crippen molar-refractivity contribution < 1.29 is 9.53 Å². The Morgan fingerprint density at radius 3 is 2.53 bits per heavy atom. The van der Waals surface area contributed by atoms with Gasteiger partial charge in [0, 0.05) is 17.6 Å². The van der Waals surface area contributed by atoms with E-state index in [1.54, 1.807) is 47.4 Å². The van der Waals surface area contributed by atoms with Crippen LogP contribution in [0.5, 0.6) is 11.5 Å². The van der Waals surface area contributed by atoms with Gasteiger partial charge in [-0.2, -0.15) is 5.26 Å². The molecular formula is C22H22Cl2N6O2. The highest BCUT2D eigenvalue weighted by atomic mass is 35.5. The molecule has 0 aromatic heterocycles. The molecule has 0 aliphatic carbocycles. The number of ether oxygens (including phenoxy) is 1. The van der Waals surface area contributed by atoms with Gasteiger partial charge in [0.15, 0.2) is 6.19 Å². The summed E-state index contributed by atoms with van der Waals surface area (Å²) < 4.78 is 5.76. The third-order valence-corrected chi connectivity index (χ3v) is 5.47. The molecule has 1 fully saturated rings. The number of carbonyl (C=O) groups excluding carboxylic acids is 1. The van der Waals surface area contributed by atoms with Gasteiger partial charge in [-0.25, -0.2) is 0 Å². The van der Waals surface area contributed by atoms with Crippen LogP contribution in [0, 0.1) is 11.5 Å². The van der Waals surface area contributed by atoms with Crippen LogP contribution in [0.3, 0.4) is 0 Å². The third kappa shape index (κ3) is 5.63. The first-order valence-corrected chi connectivity index (χ1v) is 10.5. The quantitative estimate of drug-likeness (QED) is 0.254. The van der Waals surface area contributed by atoms with Crippen LogP contribution in [0.4, 0.5) is 0 Å². The van der Waals surface area contributed by atoms with E-state index in [1.165, 1.54) is 0 Å². The lowest BCUT2D eigenvalue weighted by Gasteiger charge is -2.26. The molecule has 1 saturated heterocycles. The number of primary amides is 1. The van der Waals surface area contributed by atoms with Crippen LogP contribution in [0.1, 0.15) is 18.4 Å². The molecule has 0 radical (unpaired) electrons. The van der Waals surface area contributed by atoms with Crippen molar-refractivity contribution in [3.63, 3.8) is 0 Å². The first kappa shape index (κ1) is 23.3. The Morgan fingerprint density at radius 2 is 1.88 bits per heavy atom. The largest absolute Gasteiger partial charge is 0.456 e. The van der Waals surface area contributed by atoms with Gasteiger partial charge in [-0.15, -0.1) is 0 Å². The summed E-state index contributed by atoms with van der Waals surface area (Å²) in [6, 6.07) is 11.3. The molecular weight excluding hydrogens is 451 g/mol. The summed E-state index contributed by atoms with van der Waals surface area (Å²) in [6.07, 6.45) is 3.66. The van der Waals surface area contributed by atoms with E-state index >= 15 is 0 Å². The van der Waals surface area contributed by atoms with Crippen molar-refractivity contribution in [2.75, 3.05) is 13.1 Å². The number of nitriles is 1. The average Bonchev–Trinajstić information content (AvgIpc) is 2.76. The molecule has 1 atom stereocenters. The number of rotatable bonds is 6. The minimum atomic E-state index is -0.789. The minimum absolute atomic E-state index is 0.0502. The van der Waals surface area contributed by atoms with Crippen LogP contribution < -0.4 is 21.9 Å². The number of benzene rings is 2. The van der Waals surface area contributed by atoms with Gasteiger partial charge in [0.2, 0.25) is 0 Å². The average molecular weight is 473 g/mol. The van der Waals surface area contributed by atoms with E-state index in [0.717, 1.165) is 12.8 Å². The van der Waals surface area contributed by atoms with Crippen LogP contribution in [0.15, 0.2) is 53.0 Å². The van der Waals surface area contributed by atoms with Gasteiger partial charge in [-0.05, 0) is 54.8 Å². The molecule has 0 saturated carbocycles. The summed E-state index contributed by atoms with van der Waals surface area (Å²) in [4.78, 5) is 18.1. The van der Waals surface area contributed by atoms with E-state index in [9.17, 15) is 4.79 Å². The number of halogens is 2. The monoisotopic (exact) mass is 472 g/mol. The zero-order valence-corrected chi connectivity index (χ0v) is 18.6. The zero-order chi connectivity index (χ0) is 23.3. The number of hydrogen-bond donors (Lipinski definition) is 3. The van der Waals surface area contributed by atoms with Crippen molar-refractivity contribution in [2.24, 2.45) is 22.2 Å². The standard InChI is InChI=1S/C22H22Cl2N6O2/c23-14-5-8-17(24)18(10-14)32-16-6-3-13(4-7-16)20(26)19(22(28)31)21(27)29-15-2-1-9-30(11-15)12-25/h3-8,10,15H,1-2,9,11,26H2,(H2,27,29)(H2,28,31). The molecule has 0 bridgehead atoms. The third-order valence-electron chi connectivity index (χ3n) is 4.92. The summed E-state index contributed by atoms with van der Waals surface area (Å²) >= 11 is 12.1. The minimum Gasteiger partial charge on any atom is -0.456 e. The van der Waals surface area contributed by atoms with Crippen molar-refractivity contribution in [1.29, 1.82) is 5.26 Å². The molecule has 8 nitrogen and oxygen atoms in total. The summed E-state index contributed by atoms with van der Waals surface area (Å²) in [5.74, 6) is 0.0591. The number of piperidine rings is 1. The fraction of sp³-hybridized carbons (Fsp3) is 0.227. The zero-order valence-electron chi connectivity index (χ0n) is 17.1. The van der Waals surface area contributed by atoms with E-state index < -0.39 is 5.91 Å². The maximum absolute atomic E-state index is 12.1. The molecule has 6 N–H and O–H groups in total. The number of nitrogens with zero attached hydrogens (tertiary/aromatic N) is 3.